The molecule has 2 unspecified atom stereocenters. The van der Waals surface area contributed by atoms with E-state index in [1.54, 1.807) is 18.2 Å². The maximum Gasteiger partial charge on any atom is 0.227 e. The van der Waals surface area contributed by atoms with Gasteiger partial charge in [0.2, 0.25) is 5.91 Å². The van der Waals surface area contributed by atoms with Gasteiger partial charge in [0.25, 0.3) is 0 Å². The molecule has 3 N–H and O–H groups in total. The van der Waals surface area contributed by atoms with Gasteiger partial charge in [-0.15, -0.1) is 0 Å². The van der Waals surface area contributed by atoms with Crippen LogP contribution < -0.4 is 11.1 Å². The molecule has 94 valence electrons. The number of hydrogen-bond acceptors (Lipinski definition) is 3. The van der Waals surface area contributed by atoms with E-state index in [4.69, 9.17) is 11.0 Å². The van der Waals surface area contributed by atoms with E-state index in [1.807, 2.05) is 0 Å². The summed E-state index contributed by atoms with van der Waals surface area (Å²) in [4.78, 5) is 12.0. The molecule has 1 saturated carbocycles. The molecule has 1 aromatic rings. The Kier molecular flexibility index (Phi) is 4.00. The molecule has 2 atom stereocenters. The van der Waals surface area contributed by atoms with Gasteiger partial charge in [-0.05, 0) is 37.5 Å². The average molecular weight is 308 g/mol. The first-order valence-corrected chi connectivity index (χ1v) is 6.65. The third kappa shape index (κ3) is 2.89. The van der Waals surface area contributed by atoms with Crippen LogP contribution in [0, 0.1) is 17.2 Å². The van der Waals surface area contributed by atoms with Crippen LogP contribution in [0.3, 0.4) is 0 Å². The third-order valence-electron chi connectivity index (χ3n) is 3.20. The number of halogens is 1. The summed E-state index contributed by atoms with van der Waals surface area (Å²) in [6.45, 7) is 0. The van der Waals surface area contributed by atoms with Gasteiger partial charge in [-0.25, -0.2) is 0 Å². The number of nitrogens with zero attached hydrogens (tertiary/aromatic N) is 1. The van der Waals surface area contributed by atoms with Crippen molar-refractivity contribution in [2.45, 2.75) is 25.3 Å². The molecule has 0 heterocycles. The molecule has 1 aromatic carbocycles. The third-order valence-corrected chi connectivity index (χ3v) is 3.70. The molecule has 0 radical (unpaired) electrons. The molecular formula is C13H14BrN3O. The standard InChI is InChI=1S/C13H14BrN3O/c14-10-2-4-12(9(5-10)7-15)17-13(18)8-1-3-11(16)6-8/h2,4-5,8,11H,1,3,6,16H2,(H,17,18). The summed E-state index contributed by atoms with van der Waals surface area (Å²) in [7, 11) is 0. The Hall–Kier alpha value is -1.38. The smallest absolute Gasteiger partial charge is 0.227 e. The van der Waals surface area contributed by atoms with Crippen molar-refractivity contribution in [1.29, 1.82) is 5.26 Å². The van der Waals surface area contributed by atoms with Gasteiger partial charge in [0.15, 0.2) is 0 Å². The average Bonchev–Trinajstić information content (AvgIpc) is 2.78. The van der Waals surface area contributed by atoms with Crippen LogP contribution in [0.4, 0.5) is 5.69 Å². The molecule has 0 bridgehead atoms. The van der Waals surface area contributed by atoms with E-state index in [1.165, 1.54) is 0 Å². The quantitative estimate of drug-likeness (QED) is 0.880. The molecule has 4 nitrogen and oxygen atoms in total. The zero-order chi connectivity index (χ0) is 13.1. The van der Waals surface area contributed by atoms with Crippen LogP contribution in [0.25, 0.3) is 0 Å². The zero-order valence-corrected chi connectivity index (χ0v) is 11.4. The van der Waals surface area contributed by atoms with Crippen molar-refractivity contribution in [3.8, 4) is 6.07 Å². The SMILES string of the molecule is N#Cc1cc(Br)ccc1NC(=O)C1CCC(N)C1. The molecule has 0 saturated heterocycles. The van der Waals surface area contributed by atoms with Crippen LogP contribution in [0.2, 0.25) is 0 Å². The molecule has 1 fully saturated rings. The van der Waals surface area contributed by atoms with Crippen LogP contribution in [0.1, 0.15) is 24.8 Å². The first-order chi connectivity index (χ1) is 8.60. The number of nitrogens with one attached hydrogen (secondary N) is 1. The molecule has 1 aliphatic carbocycles. The second-order valence-electron chi connectivity index (χ2n) is 4.56. The van der Waals surface area contributed by atoms with E-state index in [0.717, 1.165) is 23.7 Å². The second-order valence-corrected chi connectivity index (χ2v) is 5.48. The van der Waals surface area contributed by atoms with E-state index in [0.29, 0.717) is 11.3 Å². The second kappa shape index (κ2) is 5.51. The number of benzene rings is 1. The molecule has 0 aromatic heterocycles. The van der Waals surface area contributed by atoms with Gasteiger partial charge in [0.1, 0.15) is 6.07 Å². The molecule has 5 heteroatoms. The monoisotopic (exact) mass is 307 g/mol. The van der Waals surface area contributed by atoms with Gasteiger partial charge < -0.3 is 11.1 Å². The Morgan fingerprint density at radius 2 is 2.28 bits per heavy atom. The van der Waals surface area contributed by atoms with Crippen molar-refractivity contribution in [3.63, 3.8) is 0 Å². The zero-order valence-electron chi connectivity index (χ0n) is 9.82. The van der Waals surface area contributed by atoms with E-state index in [2.05, 4.69) is 27.3 Å². The van der Waals surface area contributed by atoms with Crippen LogP contribution in [-0.2, 0) is 4.79 Å². The van der Waals surface area contributed by atoms with Gasteiger partial charge in [-0.3, -0.25) is 4.79 Å². The lowest BCUT2D eigenvalue weighted by Gasteiger charge is -2.12. The van der Waals surface area contributed by atoms with Crippen molar-refractivity contribution in [3.05, 3.63) is 28.2 Å². The predicted molar refractivity (Wildman–Crippen MR) is 72.8 cm³/mol. The fraction of sp³-hybridized carbons (Fsp3) is 0.385. The number of carbonyl (C=O) groups is 1. The van der Waals surface area contributed by atoms with Gasteiger partial charge >= 0.3 is 0 Å². The van der Waals surface area contributed by atoms with Crippen molar-refractivity contribution >= 4 is 27.5 Å². The first-order valence-electron chi connectivity index (χ1n) is 5.86. The van der Waals surface area contributed by atoms with E-state index < -0.39 is 0 Å². The van der Waals surface area contributed by atoms with E-state index in [-0.39, 0.29) is 17.9 Å². The largest absolute Gasteiger partial charge is 0.328 e. The van der Waals surface area contributed by atoms with Gasteiger partial charge in [0, 0.05) is 16.4 Å². The number of rotatable bonds is 2. The molecule has 18 heavy (non-hydrogen) atoms. The Labute approximate surface area is 114 Å². The van der Waals surface area contributed by atoms with Gasteiger partial charge in [0.05, 0.1) is 11.3 Å². The summed E-state index contributed by atoms with van der Waals surface area (Å²) in [5.74, 6) is -0.0723. The van der Waals surface area contributed by atoms with Crippen LogP contribution in [0.5, 0.6) is 0 Å². The molecule has 2 rings (SSSR count). The van der Waals surface area contributed by atoms with Crippen molar-refractivity contribution in [2.24, 2.45) is 11.7 Å². The summed E-state index contributed by atoms with van der Waals surface area (Å²) in [5, 5.41) is 11.8. The number of nitriles is 1. The van der Waals surface area contributed by atoms with E-state index in [9.17, 15) is 4.79 Å². The summed E-state index contributed by atoms with van der Waals surface area (Å²) < 4.78 is 0.819. The summed E-state index contributed by atoms with van der Waals surface area (Å²) in [6, 6.07) is 7.42. The molecule has 1 amide bonds. The Morgan fingerprint density at radius 1 is 1.50 bits per heavy atom. The van der Waals surface area contributed by atoms with E-state index >= 15 is 0 Å². The lowest BCUT2D eigenvalue weighted by Crippen LogP contribution is -2.23. The lowest BCUT2D eigenvalue weighted by molar-refractivity contribution is -0.119. The highest BCUT2D eigenvalue weighted by Crippen LogP contribution is 2.27. The summed E-state index contributed by atoms with van der Waals surface area (Å²) >= 11 is 3.30. The van der Waals surface area contributed by atoms with Crippen molar-refractivity contribution < 1.29 is 4.79 Å². The highest BCUT2D eigenvalue weighted by Gasteiger charge is 2.28. The number of amides is 1. The minimum atomic E-state index is -0.0400. The van der Waals surface area contributed by atoms with Crippen LogP contribution >= 0.6 is 15.9 Å². The topological polar surface area (TPSA) is 78.9 Å². The molecule has 1 aliphatic rings. The number of hydrogen-bond donors (Lipinski definition) is 2. The van der Waals surface area contributed by atoms with Gasteiger partial charge in [-0.1, -0.05) is 15.9 Å². The highest BCUT2D eigenvalue weighted by atomic mass is 79.9. The maximum absolute atomic E-state index is 12.0. The summed E-state index contributed by atoms with van der Waals surface area (Å²) in [5.41, 5.74) is 6.81. The maximum atomic E-state index is 12.0. The van der Waals surface area contributed by atoms with Crippen LogP contribution in [-0.4, -0.2) is 11.9 Å². The fourth-order valence-corrected chi connectivity index (χ4v) is 2.57. The summed E-state index contributed by atoms with van der Waals surface area (Å²) in [6.07, 6.45) is 2.44. The minimum absolute atomic E-state index is 0.0322. The van der Waals surface area contributed by atoms with Crippen molar-refractivity contribution in [2.75, 3.05) is 5.32 Å². The van der Waals surface area contributed by atoms with Crippen LogP contribution in [0.15, 0.2) is 22.7 Å². The van der Waals surface area contributed by atoms with Gasteiger partial charge in [-0.2, -0.15) is 5.26 Å². The Balaban J connectivity index is 2.10. The number of anilines is 1. The molecule has 0 aliphatic heterocycles. The fourth-order valence-electron chi connectivity index (χ4n) is 2.21. The minimum Gasteiger partial charge on any atom is -0.328 e. The number of carbonyl (C=O) groups excluding carboxylic acids is 1. The predicted octanol–water partition coefficient (Wildman–Crippen LogP) is 2.39. The first kappa shape index (κ1) is 13.1. The highest BCUT2D eigenvalue weighted by molar-refractivity contribution is 9.10. The Bertz CT molecular complexity index is 509. The molecule has 0 spiro atoms. The van der Waals surface area contributed by atoms with Crippen molar-refractivity contribution in [1.82, 2.24) is 0 Å². The lowest BCUT2D eigenvalue weighted by atomic mass is 10.1. The normalized spacial score (nSPS) is 22.5. The number of nitrogens with two attached hydrogens (primary N) is 1. The molecular weight excluding hydrogens is 294 g/mol. The Morgan fingerprint density at radius 3 is 2.89 bits per heavy atom.